The van der Waals surface area contributed by atoms with Crippen LogP contribution in [0, 0.1) is 0 Å². The number of nitrogens with one attached hydrogen (secondary N) is 1. The second-order valence-corrected chi connectivity index (χ2v) is 4.73. The summed E-state index contributed by atoms with van der Waals surface area (Å²) in [6, 6.07) is -0.437. The Bertz CT molecular complexity index is 294. The minimum absolute atomic E-state index is 0.0101. The molecule has 1 rings (SSSR count). The summed E-state index contributed by atoms with van der Waals surface area (Å²) in [7, 11) is 0. The molecule has 0 aromatic rings. The van der Waals surface area contributed by atoms with Crippen molar-refractivity contribution in [3.8, 4) is 0 Å². The molecule has 1 heterocycles. The number of ether oxygens (including phenoxy) is 1. The summed E-state index contributed by atoms with van der Waals surface area (Å²) in [6.45, 7) is 7.68. The van der Waals surface area contributed by atoms with E-state index in [1.807, 2.05) is 13.8 Å². The Kier molecular flexibility index (Phi) is 6.12. The molecule has 0 radical (unpaired) electrons. The molecule has 0 saturated carbocycles. The zero-order valence-electron chi connectivity index (χ0n) is 11.6. The molecule has 1 saturated heterocycles. The predicted octanol–water partition coefficient (Wildman–Crippen LogP) is 0.929. The first-order valence-corrected chi connectivity index (χ1v) is 6.77. The van der Waals surface area contributed by atoms with Crippen LogP contribution in [0.25, 0.3) is 0 Å². The van der Waals surface area contributed by atoms with Gasteiger partial charge in [-0.05, 0) is 19.8 Å². The van der Waals surface area contributed by atoms with Gasteiger partial charge in [-0.3, -0.25) is 9.59 Å². The van der Waals surface area contributed by atoms with Crippen LogP contribution in [0.2, 0.25) is 0 Å². The molecule has 2 unspecified atom stereocenters. The van der Waals surface area contributed by atoms with Crippen molar-refractivity contribution in [1.29, 1.82) is 0 Å². The van der Waals surface area contributed by atoms with Crippen molar-refractivity contribution >= 4 is 11.8 Å². The van der Waals surface area contributed by atoms with Gasteiger partial charge in [0.05, 0.1) is 6.61 Å². The lowest BCUT2D eigenvalue weighted by atomic mass is 10.2. The van der Waals surface area contributed by atoms with Gasteiger partial charge < -0.3 is 15.0 Å². The minimum Gasteiger partial charge on any atom is -0.380 e. The average Bonchev–Trinajstić information content (AvgIpc) is 2.44. The Morgan fingerprint density at radius 2 is 2.06 bits per heavy atom. The van der Waals surface area contributed by atoms with Crippen LogP contribution in [0.3, 0.4) is 0 Å². The summed E-state index contributed by atoms with van der Waals surface area (Å²) in [6.07, 6.45) is 1.97. The first kappa shape index (κ1) is 15.0. The lowest BCUT2D eigenvalue weighted by Crippen LogP contribution is -2.47. The van der Waals surface area contributed by atoms with Gasteiger partial charge in [0, 0.05) is 25.6 Å². The Hall–Kier alpha value is -1.10. The van der Waals surface area contributed by atoms with E-state index in [0.29, 0.717) is 32.6 Å². The third-order valence-electron chi connectivity index (χ3n) is 3.16. The van der Waals surface area contributed by atoms with Gasteiger partial charge in [0.15, 0.2) is 0 Å². The van der Waals surface area contributed by atoms with Gasteiger partial charge in [0.2, 0.25) is 11.8 Å². The van der Waals surface area contributed by atoms with Gasteiger partial charge in [-0.15, -0.1) is 0 Å². The van der Waals surface area contributed by atoms with E-state index in [4.69, 9.17) is 4.74 Å². The molecular formula is C13H24N2O3. The third kappa shape index (κ3) is 3.98. The van der Waals surface area contributed by atoms with E-state index in [-0.39, 0.29) is 23.9 Å². The van der Waals surface area contributed by atoms with Crippen LogP contribution in [0.1, 0.15) is 40.0 Å². The Morgan fingerprint density at radius 1 is 1.33 bits per heavy atom. The molecule has 5 heteroatoms. The number of carbonyl (C=O) groups is 2. The van der Waals surface area contributed by atoms with Crippen LogP contribution < -0.4 is 5.32 Å². The Balaban J connectivity index is 2.60. The van der Waals surface area contributed by atoms with E-state index in [2.05, 4.69) is 12.2 Å². The molecule has 5 nitrogen and oxygen atoms in total. The molecule has 104 valence electrons. The SMILES string of the molecule is CCCOCCN1C(=O)C(CC)NC(=O)CC1C. The van der Waals surface area contributed by atoms with Crippen molar-refractivity contribution in [3.05, 3.63) is 0 Å². The second-order valence-electron chi connectivity index (χ2n) is 4.73. The molecule has 1 aliphatic heterocycles. The summed E-state index contributed by atoms with van der Waals surface area (Å²) in [5.41, 5.74) is 0. The zero-order valence-corrected chi connectivity index (χ0v) is 11.6. The van der Waals surface area contributed by atoms with Gasteiger partial charge in [-0.25, -0.2) is 0 Å². The lowest BCUT2D eigenvalue weighted by Gasteiger charge is -2.28. The smallest absolute Gasteiger partial charge is 0.245 e. The van der Waals surface area contributed by atoms with Crippen molar-refractivity contribution in [2.24, 2.45) is 0 Å². The second kappa shape index (κ2) is 7.36. The van der Waals surface area contributed by atoms with Crippen LogP contribution in [0.4, 0.5) is 0 Å². The molecular weight excluding hydrogens is 232 g/mol. The molecule has 0 spiro atoms. The molecule has 2 amide bonds. The number of carbonyl (C=O) groups excluding carboxylic acids is 2. The standard InChI is InChI=1S/C13H24N2O3/c1-4-7-18-8-6-15-10(3)9-12(16)14-11(5-2)13(15)17/h10-11H,4-9H2,1-3H3,(H,14,16). The summed E-state index contributed by atoms with van der Waals surface area (Å²) >= 11 is 0. The molecule has 0 aliphatic carbocycles. The molecule has 1 aliphatic rings. The van der Waals surface area contributed by atoms with Crippen LogP contribution in [0.15, 0.2) is 0 Å². The summed E-state index contributed by atoms with van der Waals surface area (Å²) in [5, 5.41) is 2.77. The van der Waals surface area contributed by atoms with E-state index in [0.717, 1.165) is 6.42 Å². The van der Waals surface area contributed by atoms with Crippen molar-refractivity contribution in [2.45, 2.75) is 52.1 Å². The topological polar surface area (TPSA) is 58.6 Å². The van der Waals surface area contributed by atoms with Gasteiger partial charge in [0.25, 0.3) is 0 Å². The normalized spacial score (nSPS) is 24.9. The molecule has 18 heavy (non-hydrogen) atoms. The summed E-state index contributed by atoms with van der Waals surface area (Å²) < 4.78 is 5.42. The number of nitrogens with zero attached hydrogens (tertiary/aromatic N) is 1. The maximum absolute atomic E-state index is 12.3. The largest absolute Gasteiger partial charge is 0.380 e. The molecule has 0 aromatic carbocycles. The number of amides is 2. The van der Waals surface area contributed by atoms with E-state index in [9.17, 15) is 9.59 Å². The molecule has 1 N–H and O–H groups in total. The first-order valence-electron chi connectivity index (χ1n) is 6.77. The Morgan fingerprint density at radius 3 is 2.67 bits per heavy atom. The van der Waals surface area contributed by atoms with Crippen LogP contribution in [0.5, 0.6) is 0 Å². The monoisotopic (exact) mass is 256 g/mol. The van der Waals surface area contributed by atoms with Crippen LogP contribution in [-0.2, 0) is 14.3 Å². The van der Waals surface area contributed by atoms with Gasteiger partial charge in [0.1, 0.15) is 6.04 Å². The molecule has 2 atom stereocenters. The minimum atomic E-state index is -0.381. The van der Waals surface area contributed by atoms with Gasteiger partial charge in [-0.2, -0.15) is 0 Å². The van der Waals surface area contributed by atoms with E-state index in [1.165, 1.54) is 0 Å². The highest BCUT2D eigenvalue weighted by atomic mass is 16.5. The Labute approximate surface area is 109 Å². The van der Waals surface area contributed by atoms with E-state index in [1.54, 1.807) is 4.90 Å². The lowest BCUT2D eigenvalue weighted by molar-refractivity contribution is -0.135. The molecule has 1 fully saturated rings. The van der Waals surface area contributed by atoms with Gasteiger partial charge >= 0.3 is 0 Å². The fraction of sp³-hybridized carbons (Fsp3) is 0.846. The van der Waals surface area contributed by atoms with Crippen molar-refractivity contribution in [3.63, 3.8) is 0 Å². The van der Waals surface area contributed by atoms with Crippen LogP contribution in [-0.4, -0.2) is 48.6 Å². The van der Waals surface area contributed by atoms with Gasteiger partial charge in [-0.1, -0.05) is 13.8 Å². The number of hydrogen-bond acceptors (Lipinski definition) is 3. The van der Waals surface area contributed by atoms with E-state index < -0.39 is 0 Å². The summed E-state index contributed by atoms with van der Waals surface area (Å²) in [4.78, 5) is 25.6. The molecule has 0 bridgehead atoms. The maximum Gasteiger partial charge on any atom is 0.245 e. The van der Waals surface area contributed by atoms with Crippen molar-refractivity contribution in [1.82, 2.24) is 10.2 Å². The highest BCUT2D eigenvalue weighted by Gasteiger charge is 2.32. The van der Waals surface area contributed by atoms with Crippen molar-refractivity contribution in [2.75, 3.05) is 19.8 Å². The fourth-order valence-corrected chi connectivity index (χ4v) is 2.13. The zero-order chi connectivity index (χ0) is 13.5. The fourth-order valence-electron chi connectivity index (χ4n) is 2.13. The average molecular weight is 256 g/mol. The third-order valence-corrected chi connectivity index (χ3v) is 3.16. The highest BCUT2D eigenvalue weighted by molar-refractivity contribution is 5.90. The van der Waals surface area contributed by atoms with Crippen molar-refractivity contribution < 1.29 is 14.3 Å². The summed E-state index contributed by atoms with van der Waals surface area (Å²) in [5.74, 6) is -0.0318. The predicted molar refractivity (Wildman–Crippen MR) is 69.1 cm³/mol. The highest BCUT2D eigenvalue weighted by Crippen LogP contribution is 2.12. The van der Waals surface area contributed by atoms with Crippen LogP contribution >= 0.6 is 0 Å². The number of rotatable bonds is 6. The first-order chi connectivity index (χ1) is 8.60. The molecule has 0 aromatic heterocycles. The quantitative estimate of drug-likeness (QED) is 0.719. The van der Waals surface area contributed by atoms with E-state index >= 15 is 0 Å². The maximum atomic E-state index is 12.3. The number of hydrogen-bond donors (Lipinski definition) is 1.